The Balaban J connectivity index is 2.45. The highest BCUT2D eigenvalue weighted by Crippen LogP contribution is 2.20. The van der Waals surface area contributed by atoms with E-state index in [1.807, 2.05) is 8.80 Å². The van der Waals surface area contributed by atoms with Crippen LogP contribution in [0.15, 0.2) is 30.9 Å². The summed E-state index contributed by atoms with van der Waals surface area (Å²) < 4.78 is 3.87. The molecule has 82 valence electrons. The smallest absolute Gasteiger partial charge is 0.206 e. The molecule has 3 aromatic heterocycles. The molecule has 0 amide bonds. The highest BCUT2D eigenvalue weighted by atomic mass is 15.3. The Morgan fingerprint density at radius 2 is 1.53 bits per heavy atom. The second kappa shape index (κ2) is 2.79. The van der Waals surface area contributed by atoms with Crippen LogP contribution in [0.5, 0.6) is 0 Å². The Bertz CT molecular complexity index is 856. The summed E-state index contributed by atoms with van der Waals surface area (Å²) in [4.78, 5) is 0. The van der Waals surface area contributed by atoms with Crippen LogP contribution in [-0.2, 0) is 0 Å². The highest BCUT2D eigenvalue weighted by Gasteiger charge is 2.10. The predicted molar refractivity (Wildman–Crippen MR) is 61.8 cm³/mol. The molecular formula is C11H8N6. The Kier molecular flexibility index (Phi) is 1.42. The molecule has 0 aliphatic rings. The van der Waals surface area contributed by atoms with Gasteiger partial charge in [-0.1, -0.05) is 6.07 Å². The van der Waals surface area contributed by atoms with Crippen molar-refractivity contribution in [1.82, 2.24) is 29.2 Å². The first-order valence-electron chi connectivity index (χ1n) is 5.26. The van der Waals surface area contributed by atoms with E-state index >= 15 is 0 Å². The van der Waals surface area contributed by atoms with E-state index in [1.165, 1.54) is 5.56 Å². The topological polar surface area (TPSA) is 60.4 Å². The summed E-state index contributed by atoms with van der Waals surface area (Å²) in [5.74, 6) is 0. The Morgan fingerprint density at radius 3 is 2.24 bits per heavy atom. The number of hydrogen-bond acceptors (Lipinski definition) is 4. The third-order valence-corrected chi connectivity index (χ3v) is 2.95. The molecule has 0 N–H and O–H groups in total. The zero-order chi connectivity index (χ0) is 11.4. The van der Waals surface area contributed by atoms with Gasteiger partial charge in [-0.3, -0.25) is 8.80 Å². The number of aryl methyl sites for hydroxylation is 1. The van der Waals surface area contributed by atoms with Gasteiger partial charge >= 0.3 is 0 Å². The molecule has 0 aliphatic carbocycles. The van der Waals surface area contributed by atoms with Crippen LogP contribution in [0.2, 0.25) is 0 Å². The van der Waals surface area contributed by atoms with Gasteiger partial charge in [-0.05, 0) is 24.6 Å². The van der Waals surface area contributed by atoms with Crippen LogP contribution in [0.3, 0.4) is 0 Å². The number of hydrogen-bond donors (Lipinski definition) is 0. The zero-order valence-corrected chi connectivity index (χ0v) is 9.07. The van der Waals surface area contributed by atoms with Gasteiger partial charge in [-0.15, -0.1) is 20.4 Å². The molecule has 1 aromatic carbocycles. The quantitative estimate of drug-likeness (QED) is 0.451. The molecule has 6 heteroatoms. The second-order valence-electron chi connectivity index (χ2n) is 4.04. The van der Waals surface area contributed by atoms with Gasteiger partial charge in [0.15, 0.2) is 0 Å². The minimum atomic E-state index is 0.721. The molecule has 0 aliphatic heterocycles. The maximum Gasteiger partial charge on any atom is 0.206 e. The molecule has 0 unspecified atom stereocenters. The molecular weight excluding hydrogens is 216 g/mol. The van der Waals surface area contributed by atoms with E-state index in [4.69, 9.17) is 0 Å². The lowest BCUT2D eigenvalue weighted by Crippen LogP contribution is -1.96. The van der Waals surface area contributed by atoms with E-state index in [0.717, 1.165) is 22.3 Å². The maximum absolute atomic E-state index is 4.09. The molecule has 0 spiro atoms. The van der Waals surface area contributed by atoms with E-state index in [1.54, 1.807) is 12.7 Å². The maximum atomic E-state index is 4.09. The Hall–Kier alpha value is -2.50. The van der Waals surface area contributed by atoms with Crippen molar-refractivity contribution in [3.63, 3.8) is 0 Å². The van der Waals surface area contributed by atoms with Crippen molar-refractivity contribution < 1.29 is 0 Å². The van der Waals surface area contributed by atoms with Crippen molar-refractivity contribution in [2.24, 2.45) is 0 Å². The van der Waals surface area contributed by atoms with Gasteiger partial charge in [0.25, 0.3) is 0 Å². The summed E-state index contributed by atoms with van der Waals surface area (Å²) >= 11 is 0. The normalized spacial score (nSPS) is 11.8. The first-order chi connectivity index (χ1) is 8.34. The number of benzene rings is 1. The van der Waals surface area contributed by atoms with Crippen LogP contribution in [0.4, 0.5) is 0 Å². The van der Waals surface area contributed by atoms with Crippen LogP contribution in [0, 0.1) is 6.92 Å². The minimum Gasteiger partial charge on any atom is -0.277 e. The fraction of sp³-hybridized carbons (Fsp3) is 0.0909. The molecule has 0 fully saturated rings. The average Bonchev–Trinajstić information content (AvgIpc) is 2.97. The SMILES string of the molecule is Cc1ccc2c(c1)n1cnnc1c1nncn21. The summed E-state index contributed by atoms with van der Waals surface area (Å²) in [6, 6.07) is 6.23. The summed E-state index contributed by atoms with van der Waals surface area (Å²) in [7, 11) is 0. The summed E-state index contributed by atoms with van der Waals surface area (Å²) in [5.41, 5.74) is 4.74. The largest absolute Gasteiger partial charge is 0.277 e. The summed E-state index contributed by atoms with van der Waals surface area (Å²) in [6.45, 7) is 2.06. The lowest BCUT2D eigenvalue weighted by atomic mass is 10.2. The third kappa shape index (κ3) is 0.988. The van der Waals surface area contributed by atoms with E-state index in [0.29, 0.717) is 0 Å². The first kappa shape index (κ1) is 8.63. The number of rotatable bonds is 0. The molecule has 0 bridgehead atoms. The molecule has 4 rings (SSSR count). The number of nitrogens with zero attached hydrogens (tertiary/aromatic N) is 6. The number of fused-ring (bicyclic) bond motifs is 6. The van der Waals surface area contributed by atoms with Gasteiger partial charge in [-0.25, -0.2) is 0 Å². The standard InChI is InChI=1S/C11H8N6/c1-7-2-3-8-9(4-7)17-6-13-15-11(17)10-14-12-5-16(8)10/h2-6H,1H3. The Morgan fingerprint density at radius 1 is 0.882 bits per heavy atom. The van der Waals surface area contributed by atoms with Crippen LogP contribution in [-0.4, -0.2) is 29.2 Å². The van der Waals surface area contributed by atoms with Crippen molar-refractivity contribution in [1.29, 1.82) is 0 Å². The monoisotopic (exact) mass is 224 g/mol. The van der Waals surface area contributed by atoms with Crippen LogP contribution in [0.25, 0.3) is 22.3 Å². The first-order valence-corrected chi connectivity index (χ1v) is 5.26. The van der Waals surface area contributed by atoms with Crippen molar-refractivity contribution in [3.8, 4) is 0 Å². The lowest BCUT2D eigenvalue weighted by molar-refractivity contribution is 1.10. The fourth-order valence-corrected chi connectivity index (χ4v) is 2.16. The van der Waals surface area contributed by atoms with Crippen LogP contribution in [0.1, 0.15) is 5.56 Å². The molecule has 4 aromatic rings. The predicted octanol–water partition coefficient (Wildman–Crippen LogP) is 1.23. The van der Waals surface area contributed by atoms with Gasteiger partial charge in [0.1, 0.15) is 12.7 Å². The minimum absolute atomic E-state index is 0.721. The summed E-state index contributed by atoms with van der Waals surface area (Å²) in [6.07, 6.45) is 3.40. The van der Waals surface area contributed by atoms with Crippen molar-refractivity contribution in [2.45, 2.75) is 6.92 Å². The molecule has 6 nitrogen and oxygen atoms in total. The average molecular weight is 224 g/mol. The van der Waals surface area contributed by atoms with Crippen molar-refractivity contribution >= 4 is 22.3 Å². The molecule has 0 saturated heterocycles. The Labute approximate surface area is 95.5 Å². The van der Waals surface area contributed by atoms with Gasteiger partial charge < -0.3 is 0 Å². The van der Waals surface area contributed by atoms with Gasteiger partial charge in [-0.2, -0.15) is 0 Å². The summed E-state index contributed by atoms with van der Waals surface area (Å²) in [5, 5.41) is 16.0. The van der Waals surface area contributed by atoms with Crippen LogP contribution >= 0.6 is 0 Å². The molecule has 3 heterocycles. The number of aromatic nitrogens is 6. The highest BCUT2D eigenvalue weighted by molar-refractivity contribution is 5.85. The third-order valence-electron chi connectivity index (χ3n) is 2.95. The van der Waals surface area contributed by atoms with E-state index < -0.39 is 0 Å². The molecule has 17 heavy (non-hydrogen) atoms. The molecule has 0 saturated carbocycles. The van der Waals surface area contributed by atoms with E-state index in [9.17, 15) is 0 Å². The van der Waals surface area contributed by atoms with Gasteiger partial charge in [0.05, 0.1) is 11.0 Å². The van der Waals surface area contributed by atoms with Crippen molar-refractivity contribution in [3.05, 3.63) is 36.4 Å². The molecule has 0 atom stereocenters. The van der Waals surface area contributed by atoms with Gasteiger partial charge in [0, 0.05) is 0 Å². The van der Waals surface area contributed by atoms with E-state index in [2.05, 4.69) is 45.5 Å². The van der Waals surface area contributed by atoms with Crippen LogP contribution < -0.4 is 0 Å². The fourth-order valence-electron chi connectivity index (χ4n) is 2.16. The van der Waals surface area contributed by atoms with E-state index in [-0.39, 0.29) is 0 Å². The van der Waals surface area contributed by atoms with Crippen molar-refractivity contribution in [2.75, 3.05) is 0 Å². The zero-order valence-electron chi connectivity index (χ0n) is 9.07. The second-order valence-corrected chi connectivity index (χ2v) is 4.04. The molecule has 0 radical (unpaired) electrons. The lowest BCUT2D eigenvalue weighted by Gasteiger charge is -2.05. The van der Waals surface area contributed by atoms with Gasteiger partial charge in [0.2, 0.25) is 11.3 Å².